The summed E-state index contributed by atoms with van der Waals surface area (Å²) in [5.74, 6) is 0. The lowest BCUT2D eigenvalue weighted by atomic mass is 10.2. The van der Waals surface area contributed by atoms with E-state index in [-0.39, 0.29) is 0 Å². The van der Waals surface area contributed by atoms with Crippen molar-refractivity contribution in [3.8, 4) is 0 Å². The Hall–Kier alpha value is -1.24. The van der Waals surface area contributed by atoms with E-state index in [1.54, 1.807) is 0 Å². The van der Waals surface area contributed by atoms with Gasteiger partial charge in [0.1, 0.15) is 0 Å². The summed E-state index contributed by atoms with van der Waals surface area (Å²) in [5.41, 5.74) is 3.88. The van der Waals surface area contributed by atoms with Crippen molar-refractivity contribution in [1.29, 1.82) is 0 Å². The first-order chi connectivity index (χ1) is 6.29. The largest absolute Gasteiger partial charge is 0.348 e. The second kappa shape index (κ2) is 4.13. The molecule has 1 heterocycles. The lowest BCUT2D eigenvalue weighted by molar-refractivity contribution is 1.11. The lowest BCUT2D eigenvalue weighted by Crippen LogP contribution is -2.09. The minimum atomic E-state index is 1.01. The second-order valence-corrected chi connectivity index (χ2v) is 2.93. The van der Waals surface area contributed by atoms with Gasteiger partial charge in [0.25, 0.3) is 0 Å². The number of likely N-dealkylation sites (N-methyl/N-ethyl adjacent to an activating group) is 1. The van der Waals surface area contributed by atoms with Crippen LogP contribution >= 0.6 is 0 Å². The van der Waals surface area contributed by atoms with Gasteiger partial charge in [-0.25, -0.2) is 0 Å². The molecule has 1 aliphatic heterocycles. The zero-order valence-corrected chi connectivity index (χ0v) is 8.67. The Morgan fingerprint density at radius 2 is 1.85 bits per heavy atom. The molecule has 0 saturated heterocycles. The molecule has 1 aromatic carbocycles. The minimum absolute atomic E-state index is 1.01. The summed E-state index contributed by atoms with van der Waals surface area (Å²) >= 11 is 0. The third-order valence-electron chi connectivity index (χ3n) is 2.22. The molecule has 0 radical (unpaired) electrons. The van der Waals surface area contributed by atoms with Crippen LogP contribution in [0.25, 0.3) is 0 Å². The molecular formula is C12H17N. The van der Waals surface area contributed by atoms with Crippen LogP contribution in [0.2, 0.25) is 0 Å². The van der Waals surface area contributed by atoms with Crippen molar-refractivity contribution >= 4 is 5.69 Å². The van der Waals surface area contributed by atoms with E-state index < -0.39 is 0 Å². The summed E-state index contributed by atoms with van der Waals surface area (Å²) in [6.07, 6.45) is 1.01. The third kappa shape index (κ3) is 1.74. The SMILES string of the molecule is C=C1Cc2ccccc2N1C.CC. The van der Waals surface area contributed by atoms with Gasteiger partial charge in [-0.1, -0.05) is 38.6 Å². The molecule has 0 unspecified atom stereocenters. The summed E-state index contributed by atoms with van der Waals surface area (Å²) in [6.45, 7) is 7.98. The molecule has 1 heteroatoms. The van der Waals surface area contributed by atoms with E-state index in [2.05, 4.69) is 42.8 Å². The topological polar surface area (TPSA) is 3.24 Å². The van der Waals surface area contributed by atoms with Crippen molar-refractivity contribution < 1.29 is 0 Å². The van der Waals surface area contributed by atoms with Crippen molar-refractivity contribution in [2.75, 3.05) is 11.9 Å². The minimum Gasteiger partial charge on any atom is -0.348 e. The Morgan fingerprint density at radius 3 is 2.46 bits per heavy atom. The Labute approximate surface area is 80.7 Å². The lowest BCUT2D eigenvalue weighted by Gasteiger charge is -2.12. The number of para-hydroxylation sites is 1. The molecular weight excluding hydrogens is 158 g/mol. The summed E-state index contributed by atoms with van der Waals surface area (Å²) in [6, 6.07) is 8.43. The fraction of sp³-hybridized carbons (Fsp3) is 0.333. The smallest absolute Gasteiger partial charge is 0.0442 e. The number of rotatable bonds is 0. The molecule has 1 aromatic rings. The molecule has 0 atom stereocenters. The van der Waals surface area contributed by atoms with Gasteiger partial charge in [0.2, 0.25) is 0 Å². The standard InChI is InChI=1S/C10H11N.C2H6/c1-8-7-9-5-3-4-6-10(9)11(8)2;1-2/h3-6H,1,7H2,2H3;1-2H3. The van der Waals surface area contributed by atoms with Gasteiger partial charge < -0.3 is 4.90 Å². The molecule has 70 valence electrons. The Kier molecular flexibility index (Phi) is 3.13. The van der Waals surface area contributed by atoms with Crippen LogP contribution in [0.4, 0.5) is 5.69 Å². The molecule has 0 saturated carbocycles. The highest BCUT2D eigenvalue weighted by Crippen LogP contribution is 2.31. The van der Waals surface area contributed by atoms with Crippen LogP contribution in [0.1, 0.15) is 19.4 Å². The molecule has 0 aliphatic carbocycles. The third-order valence-corrected chi connectivity index (χ3v) is 2.22. The van der Waals surface area contributed by atoms with Crippen molar-refractivity contribution in [3.05, 3.63) is 42.1 Å². The van der Waals surface area contributed by atoms with Gasteiger partial charge >= 0.3 is 0 Å². The average molecular weight is 175 g/mol. The molecule has 2 rings (SSSR count). The highest BCUT2D eigenvalue weighted by molar-refractivity contribution is 5.63. The molecule has 0 bridgehead atoms. The van der Waals surface area contributed by atoms with Crippen LogP contribution in [0.5, 0.6) is 0 Å². The van der Waals surface area contributed by atoms with Crippen molar-refractivity contribution in [3.63, 3.8) is 0 Å². The van der Waals surface area contributed by atoms with Crippen LogP contribution in [0.15, 0.2) is 36.5 Å². The first-order valence-electron chi connectivity index (χ1n) is 4.78. The highest BCUT2D eigenvalue weighted by Gasteiger charge is 2.17. The van der Waals surface area contributed by atoms with Crippen molar-refractivity contribution in [2.45, 2.75) is 20.3 Å². The summed E-state index contributed by atoms with van der Waals surface area (Å²) in [5, 5.41) is 0. The normalized spacial score (nSPS) is 13.5. The van der Waals surface area contributed by atoms with Gasteiger partial charge in [0, 0.05) is 24.9 Å². The highest BCUT2D eigenvalue weighted by atomic mass is 15.1. The zero-order chi connectivity index (χ0) is 9.84. The maximum absolute atomic E-state index is 3.98. The first kappa shape index (κ1) is 9.85. The summed E-state index contributed by atoms with van der Waals surface area (Å²) in [4.78, 5) is 2.15. The van der Waals surface area contributed by atoms with E-state index in [9.17, 15) is 0 Å². The molecule has 0 amide bonds. The van der Waals surface area contributed by atoms with E-state index >= 15 is 0 Å². The molecule has 0 aromatic heterocycles. The molecule has 0 fully saturated rings. The number of anilines is 1. The van der Waals surface area contributed by atoms with Gasteiger partial charge in [-0.3, -0.25) is 0 Å². The van der Waals surface area contributed by atoms with E-state index in [0.717, 1.165) is 6.42 Å². The van der Waals surface area contributed by atoms with Crippen molar-refractivity contribution in [2.24, 2.45) is 0 Å². The Balaban J connectivity index is 0.000000396. The molecule has 13 heavy (non-hydrogen) atoms. The van der Waals surface area contributed by atoms with Gasteiger partial charge in [0.05, 0.1) is 0 Å². The summed E-state index contributed by atoms with van der Waals surface area (Å²) in [7, 11) is 2.06. The first-order valence-corrected chi connectivity index (χ1v) is 4.78. The van der Waals surface area contributed by atoms with Crippen molar-refractivity contribution in [1.82, 2.24) is 0 Å². The van der Waals surface area contributed by atoms with Crippen LogP contribution < -0.4 is 4.90 Å². The van der Waals surface area contributed by atoms with E-state index in [1.165, 1.54) is 16.9 Å². The summed E-state index contributed by atoms with van der Waals surface area (Å²) < 4.78 is 0. The average Bonchev–Trinajstić information content (AvgIpc) is 2.47. The second-order valence-electron chi connectivity index (χ2n) is 2.93. The molecule has 1 aliphatic rings. The molecule has 0 spiro atoms. The van der Waals surface area contributed by atoms with Crippen LogP contribution in [-0.2, 0) is 6.42 Å². The number of allylic oxidation sites excluding steroid dienone is 1. The fourth-order valence-electron chi connectivity index (χ4n) is 1.50. The van der Waals surface area contributed by atoms with Crippen LogP contribution in [-0.4, -0.2) is 7.05 Å². The quantitative estimate of drug-likeness (QED) is 0.585. The van der Waals surface area contributed by atoms with Crippen LogP contribution in [0, 0.1) is 0 Å². The number of nitrogens with zero attached hydrogens (tertiary/aromatic N) is 1. The van der Waals surface area contributed by atoms with Crippen LogP contribution in [0.3, 0.4) is 0 Å². The van der Waals surface area contributed by atoms with Gasteiger partial charge in [0.15, 0.2) is 0 Å². The van der Waals surface area contributed by atoms with E-state index in [4.69, 9.17) is 0 Å². The van der Waals surface area contributed by atoms with Gasteiger partial charge in [-0.15, -0.1) is 0 Å². The maximum Gasteiger partial charge on any atom is 0.0442 e. The monoisotopic (exact) mass is 175 g/mol. The molecule has 1 nitrogen and oxygen atoms in total. The Bertz CT molecular complexity index is 302. The molecule has 0 N–H and O–H groups in total. The van der Waals surface area contributed by atoms with Gasteiger partial charge in [-0.2, -0.15) is 0 Å². The fourth-order valence-corrected chi connectivity index (χ4v) is 1.50. The number of hydrogen-bond donors (Lipinski definition) is 0. The van der Waals surface area contributed by atoms with E-state index in [1.807, 2.05) is 13.8 Å². The van der Waals surface area contributed by atoms with E-state index in [0.29, 0.717) is 0 Å². The number of hydrogen-bond acceptors (Lipinski definition) is 1. The number of fused-ring (bicyclic) bond motifs is 1. The van der Waals surface area contributed by atoms with Gasteiger partial charge in [-0.05, 0) is 11.6 Å². The predicted molar refractivity (Wildman–Crippen MR) is 59.0 cm³/mol. The maximum atomic E-state index is 3.98. The predicted octanol–water partition coefficient (Wildman–Crippen LogP) is 3.22. The zero-order valence-electron chi connectivity index (χ0n) is 8.67. The number of benzene rings is 1. The Morgan fingerprint density at radius 1 is 1.23 bits per heavy atom.